The van der Waals surface area contributed by atoms with E-state index in [0.29, 0.717) is 19.1 Å². The fraction of sp³-hybridized carbons (Fsp3) is 0.769. The minimum atomic E-state index is -4.35. The van der Waals surface area contributed by atoms with E-state index in [2.05, 4.69) is 4.52 Å². The molecular weight excluding hydrogens is 283 g/mol. The molecular formula is C13H25O6P. The Morgan fingerprint density at radius 3 is 2.15 bits per heavy atom. The van der Waals surface area contributed by atoms with Gasteiger partial charge in [0.15, 0.2) is 12.0 Å². The number of unbranched alkanes of at least 4 members (excludes halogenated alkanes) is 2. The van der Waals surface area contributed by atoms with E-state index in [1.165, 1.54) is 0 Å². The van der Waals surface area contributed by atoms with Gasteiger partial charge in [0.25, 0.3) is 0 Å². The summed E-state index contributed by atoms with van der Waals surface area (Å²) in [5.74, 6) is -0.115. The van der Waals surface area contributed by atoms with Crippen molar-refractivity contribution in [1.82, 2.24) is 0 Å². The molecule has 0 aromatic heterocycles. The topological polar surface area (TPSA) is 93.1 Å². The molecule has 0 bridgehead atoms. The predicted molar refractivity (Wildman–Crippen MR) is 76.1 cm³/mol. The SMILES string of the molecule is CCCCC(CCCC)=C(C=O)OP(=O)(O)OCCO. The molecule has 0 saturated heterocycles. The number of rotatable bonds is 12. The number of allylic oxidation sites excluding steroid dienone is 2. The Morgan fingerprint density at radius 2 is 1.75 bits per heavy atom. The molecule has 118 valence electrons. The Hall–Kier alpha value is -0.680. The average molecular weight is 308 g/mol. The molecule has 0 fully saturated rings. The summed E-state index contributed by atoms with van der Waals surface area (Å²) in [4.78, 5) is 20.6. The van der Waals surface area contributed by atoms with Crippen LogP contribution in [0.25, 0.3) is 0 Å². The predicted octanol–water partition coefficient (Wildman–Crippen LogP) is 2.95. The van der Waals surface area contributed by atoms with Crippen molar-refractivity contribution >= 4 is 14.1 Å². The molecule has 1 atom stereocenters. The van der Waals surface area contributed by atoms with Crippen molar-refractivity contribution in [1.29, 1.82) is 0 Å². The Kier molecular flexibility index (Phi) is 10.7. The smallest absolute Gasteiger partial charge is 0.401 e. The van der Waals surface area contributed by atoms with Gasteiger partial charge < -0.3 is 9.63 Å². The van der Waals surface area contributed by atoms with Crippen molar-refractivity contribution in [2.75, 3.05) is 13.2 Å². The molecule has 20 heavy (non-hydrogen) atoms. The normalized spacial score (nSPS) is 13.6. The maximum atomic E-state index is 11.6. The van der Waals surface area contributed by atoms with E-state index in [4.69, 9.17) is 9.63 Å². The Bertz CT molecular complexity index is 343. The first-order chi connectivity index (χ1) is 9.50. The Balaban J connectivity index is 4.93. The molecule has 1 unspecified atom stereocenters. The van der Waals surface area contributed by atoms with Crippen LogP contribution in [0.1, 0.15) is 52.4 Å². The monoisotopic (exact) mass is 308 g/mol. The summed E-state index contributed by atoms with van der Waals surface area (Å²) in [6.07, 6.45) is 5.44. The van der Waals surface area contributed by atoms with Crippen LogP contribution in [0.15, 0.2) is 11.3 Å². The second kappa shape index (κ2) is 11.0. The maximum Gasteiger partial charge on any atom is 0.527 e. The minimum Gasteiger partial charge on any atom is -0.401 e. The van der Waals surface area contributed by atoms with E-state index >= 15 is 0 Å². The van der Waals surface area contributed by atoms with Crippen LogP contribution in [-0.2, 0) is 18.4 Å². The van der Waals surface area contributed by atoms with E-state index in [1.807, 2.05) is 13.8 Å². The van der Waals surface area contributed by atoms with Gasteiger partial charge in [0.2, 0.25) is 0 Å². The van der Waals surface area contributed by atoms with Crippen molar-refractivity contribution in [3.05, 3.63) is 11.3 Å². The molecule has 0 radical (unpaired) electrons. The fourth-order valence-electron chi connectivity index (χ4n) is 1.63. The zero-order chi connectivity index (χ0) is 15.4. The highest BCUT2D eigenvalue weighted by molar-refractivity contribution is 7.47. The van der Waals surface area contributed by atoms with Crippen molar-refractivity contribution in [2.24, 2.45) is 0 Å². The van der Waals surface area contributed by atoms with Crippen LogP contribution >= 0.6 is 7.82 Å². The van der Waals surface area contributed by atoms with E-state index in [-0.39, 0.29) is 12.4 Å². The molecule has 0 rings (SSSR count). The van der Waals surface area contributed by atoms with Crippen molar-refractivity contribution in [3.8, 4) is 0 Å². The van der Waals surface area contributed by atoms with Crippen LogP contribution in [0.5, 0.6) is 0 Å². The van der Waals surface area contributed by atoms with Gasteiger partial charge in [-0.05, 0) is 31.3 Å². The van der Waals surface area contributed by atoms with Crippen LogP contribution in [-0.4, -0.2) is 29.5 Å². The van der Waals surface area contributed by atoms with E-state index in [0.717, 1.165) is 31.3 Å². The molecule has 0 aromatic rings. The molecule has 0 aliphatic heterocycles. The second-order valence-electron chi connectivity index (χ2n) is 4.41. The number of aldehydes is 1. The summed E-state index contributed by atoms with van der Waals surface area (Å²) in [5, 5.41) is 8.57. The van der Waals surface area contributed by atoms with Crippen LogP contribution in [0.4, 0.5) is 0 Å². The molecule has 0 amide bonds. The lowest BCUT2D eigenvalue weighted by atomic mass is 10.0. The van der Waals surface area contributed by atoms with Gasteiger partial charge in [-0.2, -0.15) is 0 Å². The van der Waals surface area contributed by atoms with E-state index < -0.39 is 14.4 Å². The van der Waals surface area contributed by atoms with Gasteiger partial charge in [-0.1, -0.05) is 26.7 Å². The zero-order valence-electron chi connectivity index (χ0n) is 12.2. The van der Waals surface area contributed by atoms with Crippen LogP contribution in [0.2, 0.25) is 0 Å². The highest BCUT2D eigenvalue weighted by Gasteiger charge is 2.25. The summed E-state index contributed by atoms with van der Waals surface area (Å²) in [5.41, 5.74) is 0.741. The lowest BCUT2D eigenvalue weighted by Gasteiger charge is -2.15. The van der Waals surface area contributed by atoms with E-state index in [1.54, 1.807) is 0 Å². The molecule has 2 N–H and O–H groups in total. The molecule has 0 aliphatic rings. The highest BCUT2D eigenvalue weighted by Crippen LogP contribution is 2.46. The lowest BCUT2D eigenvalue weighted by Crippen LogP contribution is -2.03. The maximum absolute atomic E-state index is 11.6. The first-order valence-corrected chi connectivity index (χ1v) is 8.45. The summed E-state index contributed by atoms with van der Waals surface area (Å²) < 4.78 is 21.0. The molecule has 0 spiro atoms. The van der Waals surface area contributed by atoms with Crippen LogP contribution in [0, 0.1) is 0 Å². The van der Waals surface area contributed by atoms with Gasteiger partial charge in [0.1, 0.15) is 0 Å². The van der Waals surface area contributed by atoms with Crippen molar-refractivity contribution in [3.63, 3.8) is 0 Å². The van der Waals surface area contributed by atoms with Gasteiger partial charge in [-0.25, -0.2) is 4.57 Å². The van der Waals surface area contributed by atoms with Gasteiger partial charge in [0.05, 0.1) is 13.2 Å². The third kappa shape index (κ3) is 8.48. The number of aliphatic hydroxyl groups is 1. The number of phosphoric ester groups is 1. The summed E-state index contributed by atoms with van der Waals surface area (Å²) >= 11 is 0. The van der Waals surface area contributed by atoms with Crippen LogP contribution < -0.4 is 0 Å². The number of hydrogen-bond donors (Lipinski definition) is 2. The number of carbonyl (C=O) groups excluding carboxylic acids is 1. The summed E-state index contributed by atoms with van der Waals surface area (Å²) in [6.45, 7) is 3.34. The summed E-state index contributed by atoms with van der Waals surface area (Å²) in [7, 11) is -4.35. The van der Waals surface area contributed by atoms with Gasteiger partial charge in [0, 0.05) is 0 Å². The standard InChI is InChI=1S/C13H25O6P/c1-3-5-7-12(8-6-4-2)13(11-15)19-20(16,17)18-10-9-14/h11,14H,3-10H2,1-2H3,(H,16,17). The average Bonchev–Trinajstić information content (AvgIpc) is 2.43. The highest BCUT2D eigenvalue weighted by atomic mass is 31.2. The number of carbonyl (C=O) groups is 1. The zero-order valence-corrected chi connectivity index (χ0v) is 13.1. The fourth-order valence-corrected chi connectivity index (χ4v) is 2.41. The number of phosphoric acid groups is 1. The van der Waals surface area contributed by atoms with Gasteiger partial charge in [-0.15, -0.1) is 0 Å². The lowest BCUT2D eigenvalue weighted by molar-refractivity contribution is -0.107. The molecule has 0 saturated carbocycles. The van der Waals surface area contributed by atoms with Crippen LogP contribution in [0.3, 0.4) is 0 Å². The quantitative estimate of drug-likeness (QED) is 0.249. The Labute approximate surface area is 120 Å². The molecule has 0 heterocycles. The third-order valence-electron chi connectivity index (χ3n) is 2.68. The number of aliphatic hydroxyl groups excluding tert-OH is 1. The first-order valence-electron chi connectivity index (χ1n) is 6.95. The Morgan fingerprint density at radius 1 is 1.20 bits per heavy atom. The van der Waals surface area contributed by atoms with Crippen molar-refractivity contribution < 1.29 is 28.4 Å². The summed E-state index contributed by atoms with van der Waals surface area (Å²) in [6, 6.07) is 0. The van der Waals surface area contributed by atoms with Gasteiger partial charge in [-0.3, -0.25) is 14.2 Å². The second-order valence-corrected chi connectivity index (χ2v) is 5.79. The van der Waals surface area contributed by atoms with Crippen molar-refractivity contribution in [2.45, 2.75) is 52.4 Å². The molecule has 0 aromatic carbocycles. The number of hydrogen-bond acceptors (Lipinski definition) is 5. The largest absolute Gasteiger partial charge is 0.527 e. The third-order valence-corrected chi connectivity index (χ3v) is 3.62. The molecule has 7 heteroatoms. The van der Waals surface area contributed by atoms with Gasteiger partial charge >= 0.3 is 7.82 Å². The molecule has 0 aliphatic carbocycles. The molecule has 6 nitrogen and oxygen atoms in total. The minimum absolute atomic E-state index is 0.115. The van der Waals surface area contributed by atoms with E-state index in [9.17, 15) is 14.3 Å². The first kappa shape index (κ1) is 19.3.